The van der Waals surface area contributed by atoms with Gasteiger partial charge in [0.15, 0.2) is 0 Å². The molecule has 0 saturated carbocycles. The molecule has 0 aliphatic rings. The number of ether oxygens (including phenoxy) is 1. The van der Waals surface area contributed by atoms with Crippen LogP contribution >= 0.6 is 15.9 Å². The highest BCUT2D eigenvalue weighted by Crippen LogP contribution is 2.29. The van der Waals surface area contributed by atoms with Gasteiger partial charge in [-0.05, 0) is 35.1 Å². The Balaban J connectivity index is 1.83. The quantitative estimate of drug-likeness (QED) is 0.657. The van der Waals surface area contributed by atoms with Crippen LogP contribution in [0.15, 0.2) is 59.1 Å². The lowest BCUT2D eigenvalue weighted by molar-refractivity contribution is -0.145. The van der Waals surface area contributed by atoms with E-state index in [0.717, 1.165) is 16.5 Å². The molecule has 0 spiro atoms. The van der Waals surface area contributed by atoms with E-state index in [4.69, 9.17) is 4.74 Å². The van der Waals surface area contributed by atoms with Gasteiger partial charge in [-0.3, -0.25) is 4.79 Å². The van der Waals surface area contributed by atoms with E-state index in [2.05, 4.69) is 41.9 Å². The zero-order valence-electron chi connectivity index (χ0n) is 13.0. The number of carbonyl (C=O) groups excluding carboxylic acids is 1. The van der Waals surface area contributed by atoms with Gasteiger partial charge in [-0.2, -0.15) is 0 Å². The molecule has 0 aliphatic heterocycles. The van der Waals surface area contributed by atoms with Crippen molar-refractivity contribution in [1.29, 1.82) is 0 Å². The van der Waals surface area contributed by atoms with Crippen molar-refractivity contribution in [3.8, 4) is 0 Å². The molecular weight excluding hydrogens is 340 g/mol. The second-order valence-electron chi connectivity index (χ2n) is 6.04. The van der Waals surface area contributed by atoms with Crippen LogP contribution in [0.5, 0.6) is 0 Å². The number of rotatable bonds is 6. The van der Waals surface area contributed by atoms with E-state index in [1.165, 1.54) is 5.56 Å². The van der Waals surface area contributed by atoms with Crippen molar-refractivity contribution in [1.82, 2.24) is 0 Å². The molecule has 0 aromatic heterocycles. The summed E-state index contributed by atoms with van der Waals surface area (Å²) in [6, 6.07) is 18.0. The third-order valence-corrected chi connectivity index (χ3v) is 4.35. The molecule has 0 bridgehead atoms. The Morgan fingerprint density at radius 3 is 2.32 bits per heavy atom. The summed E-state index contributed by atoms with van der Waals surface area (Å²) in [5.74, 6) is -0.144. The fourth-order valence-corrected chi connectivity index (χ4v) is 2.53. The van der Waals surface area contributed by atoms with Crippen LogP contribution in [0.4, 0.5) is 0 Å². The van der Waals surface area contributed by atoms with Crippen LogP contribution in [0.2, 0.25) is 0 Å². The van der Waals surface area contributed by atoms with E-state index < -0.39 is 0 Å². The molecule has 0 aliphatic carbocycles. The molecule has 2 aromatic carbocycles. The highest BCUT2D eigenvalue weighted by Gasteiger charge is 2.22. The first-order valence-corrected chi connectivity index (χ1v) is 8.22. The first kappa shape index (κ1) is 16.8. The van der Waals surface area contributed by atoms with Crippen molar-refractivity contribution in [3.05, 3.63) is 70.2 Å². The number of carbonyl (C=O) groups is 1. The van der Waals surface area contributed by atoms with Crippen molar-refractivity contribution >= 4 is 21.9 Å². The monoisotopic (exact) mass is 360 g/mol. The van der Waals surface area contributed by atoms with Crippen LogP contribution in [0, 0.1) is 0 Å². The maximum absolute atomic E-state index is 11.9. The molecule has 0 fully saturated rings. The Labute approximate surface area is 140 Å². The van der Waals surface area contributed by atoms with Gasteiger partial charge in [0.05, 0.1) is 0 Å². The summed E-state index contributed by atoms with van der Waals surface area (Å²) in [5.41, 5.74) is 2.20. The van der Waals surface area contributed by atoms with E-state index in [1.807, 2.05) is 42.5 Å². The Morgan fingerprint density at radius 1 is 1.05 bits per heavy atom. The molecule has 0 amide bonds. The smallest absolute Gasteiger partial charge is 0.306 e. The lowest BCUT2D eigenvalue weighted by Gasteiger charge is -2.25. The van der Waals surface area contributed by atoms with Gasteiger partial charge in [0.25, 0.3) is 0 Å². The number of hydrogen-bond acceptors (Lipinski definition) is 2. The van der Waals surface area contributed by atoms with E-state index in [1.54, 1.807) is 0 Å². The molecule has 0 saturated heterocycles. The van der Waals surface area contributed by atoms with Crippen LogP contribution < -0.4 is 0 Å². The average Bonchev–Trinajstić information content (AvgIpc) is 2.52. The maximum atomic E-state index is 11.9. The molecule has 22 heavy (non-hydrogen) atoms. The van der Waals surface area contributed by atoms with Gasteiger partial charge in [0.1, 0.15) is 6.61 Å². The van der Waals surface area contributed by atoms with Gasteiger partial charge in [-0.1, -0.05) is 72.2 Å². The van der Waals surface area contributed by atoms with Crippen LogP contribution in [0.25, 0.3) is 0 Å². The van der Waals surface area contributed by atoms with Crippen molar-refractivity contribution in [3.63, 3.8) is 0 Å². The molecule has 2 rings (SSSR count). The van der Waals surface area contributed by atoms with Crippen molar-refractivity contribution in [2.24, 2.45) is 0 Å². The topological polar surface area (TPSA) is 26.3 Å². The third kappa shape index (κ3) is 4.99. The zero-order valence-corrected chi connectivity index (χ0v) is 14.6. The second kappa shape index (κ2) is 7.59. The SMILES string of the molecule is CC(C)(CCC(=O)OCc1ccccc1)c1ccc(Br)cc1. The first-order chi connectivity index (χ1) is 10.5. The Hall–Kier alpha value is -1.61. The van der Waals surface area contributed by atoms with Crippen molar-refractivity contribution < 1.29 is 9.53 Å². The summed E-state index contributed by atoms with van der Waals surface area (Å²) in [5, 5.41) is 0. The molecule has 2 aromatic rings. The van der Waals surface area contributed by atoms with E-state index in [0.29, 0.717) is 13.0 Å². The van der Waals surface area contributed by atoms with Crippen molar-refractivity contribution in [2.75, 3.05) is 0 Å². The van der Waals surface area contributed by atoms with Gasteiger partial charge < -0.3 is 4.74 Å². The predicted molar refractivity (Wildman–Crippen MR) is 92.6 cm³/mol. The largest absolute Gasteiger partial charge is 0.461 e. The summed E-state index contributed by atoms with van der Waals surface area (Å²) in [6.07, 6.45) is 1.19. The van der Waals surface area contributed by atoms with E-state index >= 15 is 0 Å². The first-order valence-electron chi connectivity index (χ1n) is 7.43. The predicted octanol–water partition coefficient (Wildman–Crippen LogP) is 5.25. The fourth-order valence-electron chi connectivity index (χ4n) is 2.27. The van der Waals surface area contributed by atoms with Gasteiger partial charge in [-0.25, -0.2) is 0 Å². The van der Waals surface area contributed by atoms with Crippen molar-refractivity contribution in [2.45, 2.75) is 38.7 Å². The fraction of sp³-hybridized carbons (Fsp3) is 0.316. The molecule has 0 atom stereocenters. The number of benzene rings is 2. The normalized spacial score (nSPS) is 11.2. The maximum Gasteiger partial charge on any atom is 0.306 e. The Bertz CT molecular complexity index is 603. The van der Waals surface area contributed by atoms with Gasteiger partial charge in [0.2, 0.25) is 0 Å². The molecule has 2 nitrogen and oxygen atoms in total. The lowest BCUT2D eigenvalue weighted by Crippen LogP contribution is -2.19. The van der Waals surface area contributed by atoms with Crippen LogP contribution in [-0.4, -0.2) is 5.97 Å². The highest BCUT2D eigenvalue weighted by molar-refractivity contribution is 9.10. The minimum Gasteiger partial charge on any atom is -0.461 e. The van der Waals surface area contributed by atoms with Gasteiger partial charge in [-0.15, -0.1) is 0 Å². The van der Waals surface area contributed by atoms with E-state index in [-0.39, 0.29) is 11.4 Å². The number of halogens is 1. The molecule has 0 unspecified atom stereocenters. The number of hydrogen-bond donors (Lipinski definition) is 0. The summed E-state index contributed by atoms with van der Waals surface area (Å²) in [4.78, 5) is 11.9. The lowest BCUT2D eigenvalue weighted by atomic mass is 9.80. The molecule has 3 heteroatoms. The summed E-state index contributed by atoms with van der Waals surface area (Å²) < 4.78 is 6.40. The van der Waals surface area contributed by atoms with Gasteiger partial charge >= 0.3 is 5.97 Å². The zero-order chi connectivity index (χ0) is 16.0. The van der Waals surface area contributed by atoms with Gasteiger partial charge in [0, 0.05) is 10.9 Å². The van der Waals surface area contributed by atoms with Crippen LogP contribution in [-0.2, 0) is 21.6 Å². The van der Waals surface area contributed by atoms with Crippen LogP contribution in [0.3, 0.4) is 0 Å². The number of esters is 1. The van der Waals surface area contributed by atoms with Crippen LogP contribution in [0.1, 0.15) is 37.8 Å². The second-order valence-corrected chi connectivity index (χ2v) is 6.95. The van der Waals surface area contributed by atoms with E-state index in [9.17, 15) is 4.79 Å². The Kier molecular flexibility index (Phi) is 5.78. The molecule has 0 N–H and O–H groups in total. The average molecular weight is 361 g/mol. The minimum absolute atomic E-state index is 0.0491. The molecule has 0 heterocycles. The molecular formula is C19H21BrO2. The summed E-state index contributed by atoms with van der Waals surface area (Å²) >= 11 is 3.44. The third-order valence-electron chi connectivity index (χ3n) is 3.82. The minimum atomic E-state index is -0.144. The summed E-state index contributed by atoms with van der Waals surface area (Å²) in [7, 11) is 0. The highest BCUT2D eigenvalue weighted by atomic mass is 79.9. The standard InChI is InChI=1S/C19H21BrO2/c1-19(2,16-8-10-17(20)11-9-16)13-12-18(21)22-14-15-6-4-3-5-7-15/h3-11H,12-14H2,1-2H3. The summed E-state index contributed by atoms with van der Waals surface area (Å²) in [6.45, 7) is 4.65. The molecule has 116 valence electrons. The Morgan fingerprint density at radius 2 is 1.68 bits per heavy atom. The molecule has 0 radical (unpaired) electrons.